The number of carbonyl (C=O) groups excluding carboxylic acids is 1. The average molecular weight is 760 g/mol. The van der Waals surface area contributed by atoms with E-state index in [-0.39, 0.29) is 34.9 Å². The van der Waals surface area contributed by atoms with Crippen molar-refractivity contribution in [2.24, 2.45) is 46.3 Å². The Balaban J connectivity index is 1.24. The lowest BCUT2D eigenvalue weighted by Gasteiger charge is -2.63. The van der Waals surface area contributed by atoms with Crippen molar-refractivity contribution in [3.63, 3.8) is 0 Å². The molecule has 0 aromatic heterocycles. The third-order valence-electron chi connectivity index (χ3n) is 16.1. The van der Waals surface area contributed by atoms with E-state index in [1.54, 1.807) is 0 Å². The molecule has 0 saturated heterocycles. The highest BCUT2D eigenvalue weighted by atomic mass is 16.7. The molecule has 0 aromatic rings. The van der Waals surface area contributed by atoms with Gasteiger partial charge in [-0.05, 0) is 116 Å². The van der Waals surface area contributed by atoms with Crippen LogP contribution >= 0.6 is 0 Å². The summed E-state index contributed by atoms with van der Waals surface area (Å²) in [4.78, 5) is 19.6. The van der Waals surface area contributed by atoms with Crippen molar-refractivity contribution in [1.82, 2.24) is 5.06 Å². The third-order valence-corrected chi connectivity index (χ3v) is 16.1. The topological polar surface area (TPSA) is 93.1 Å². The second-order valence-corrected chi connectivity index (χ2v) is 19.8. The molecule has 54 heavy (non-hydrogen) atoms. The van der Waals surface area contributed by atoms with Crippen LogP contribution in [0.25, 0.3) is 0 Å². The molecule has 0 heterocycles. The minimum absolute atomic E-state index is 0.0898. The van der Waals surface area contributed by atoms with Gasteiger partial charge in [-0.1, -0.05) is 150 Å². The maximum atomic E-state index is 13.4. The van der Waals surface area contributed by atoms with Gasteiger partial charge in [0.25, 0.3) is 0 Å². The van der Waals surface area contributed by atoms with Crippen LogP contribution in [0.5, 0.6) is 0 Å². The van der Waals surface area contributed by atoms with Crippen LogP contribution in [0.4, 0.5) is 0 Å². The number of hydroxylamine groups is 2. The van der Waals surface area contributed by atoms with Crippen molar-refractivity contribution >= 4 is 5.97 Å². The van der Waals surface area contributed by atoms with E-state index in [2.05, 4.69) is 34.6 Å². The fraction of sp³-hybridized carbons (Fsp3) is 0.979. The first-order valence-electron chi connectivity index (χ1n) is 24.1. The summed E-state index contributed by atoms with van der Waals surface area (Å²) in [6.45, 7) is 13.3. The molecule has 0 spiro atoms. The van der Waals surface area contributed by atoms with Gasteiger partial charge in [0.1, 0.15) is 6.42 Å². The molecule has 1 radical (unpaired) electrons. The molecule has 4 aliphatic carbocycles. The molecule has 6 heteroatoms. The number of nitrogens with zero attached hydrogens (tertiary/aromatic N) is 1. The van der Waals surface area contributed by atoms with Gasteiger partial charge in [-0.2, -0.15) is 4.84 Å². The van der Waals surface area contributed by atoms with E-state index in [1.807, 2.05) is 5.06 Å². The molecule has 4 saturated carbocycles. The van der Waals surface area contributed by atoms with Crippen molar-refractivity contribution in [1.29, 1.82) is 0 Å². The maximum absolute atomic E-state index is 13.4. The van der Waals surface area contributed by atoms with Gasteiger partial charge in [0.2, 0.25) is 0 Å². The first-order valence-corrected chi connectivity index (χ1v) is 24.1. The lowest BCUT2D eigenvalue weighted by molar-refractivity contribution is -0.207. The maximum Gasteiger partial charge on any atom is 0.597 e. The predicted molar refractivity (Wildman–Crippen MR) is 224 cm³/mol. The summed E-state index contributed by atoms with van der Waals surface area (Å²) in [7, 11) is 0. The van der Waals surface area contributed by atoms with Gasteiger partial charge in [-0.25, -0.2) is 0 Å². The summed E-state index contributed by atoms with van der Waals surface area (Å²) in [5.41, 5.74) is -0.146. The van der Waals surface area contributed by atoms with E-state index in [9.17, 15) is 20.1 Å². The summed E-state index contributed by atoms with van der Waals surface area (Å²) >= 11 is 0. The quantitative estimate of drug-likeness (QED) is 0.0439. The van der Waals surface area contributed by atoms with Gasteiger partial charge in [0.05, 0.1) is 36.2 Å². The highest BCUT2D eigenvalue weighted by Gasteiger charge is 2.65. The Morgan fingerprint density at radius 2 is 1.20 bits per heavy atom. The van der Waals surface area contributed by atoms with Crippen molar-refractivity contribution in [3.05, 3.63) is 0 Å². The minimum atomic E-state index is -0.391. The Morgan fingerprint density at radius 3 is 1.74 bits per heavy atom. The lowest BCUT2D eigenvalue weighted by Crippen LogP contribution is -2.62. The van der Waals surface area contributed by atoms with E-state index < -0.39 is 6.10 Å². The molecule has 0 unspecified atom stereocenters. The number of aliphatic hydroxyl groups is 3. The largest absolute Gasteiger partial charge is 0.597 e. The second-order valence-electron chi connectivity index (χ2n) is 19.8. The zero-order valence-corrected chi connectivity index (χ0v) is 36.2. The molecule has 0 bridgehead atoms. The van der Waals surface area contributed by atoms with E-state index in [4.69, 9.17) is 4.84 Å². The van der Waals surface area contributed by atoms with Crippen LogP contribution in [0.1, 0.15) is 221 Å². The Bertz CT molecular complexity index is 1010. The summed E-state index contributed by atoms with van der Waals surface area (Å²) in [6, 6.07) is 0. The van der Waals surface area contributed by atoms with Crippen LogP contribution in [0, 0.1) is 46.3 Å². The predicted octanol–water partition coefficient (Wildman–Crippen LogP) is 12.0. The zero-order chi connectivity index (χ0) is 39.0. The van der Waals surface area contributed by atoms with Crippen LogP contribution in [0.3, 0.4) is 0 Å². The molecular formula is C48H89NO5+. The van der Waals surface area contributed by atoms with Gasteiger partial charge in [0.15, 0.2) is 0 Å². The normalized spacial score (nSPS) is 34.0. The van der Waals surface area contributed by atoms with Crippen molar-refractivity contribution in [2.45, 2.75) is 239 Å². The number of fused-ring (bicyclic) bond motifs is 5. The first-order chi connectivity index (χ1) is 26.1. The van der Waals surface area contributed by atoms with Crippen molar-refractivity contribution in [2.75, 3.05) is 13.1 Å². The molecule has 11 atom stereocenters. The zero-order valence-electron chi connectivity index (χ0n) is 36.2. The molecule has 315 valence electrons. The Morgan fingerprint density at radius 1 is 0.685 bits per heavy atom. The summed E-state index contributed by atoms with van der Waals surface area (Å²) in [5, 5.41) is 36.1. The molecule has 0 amide bonds. The van der Waals surface area contributed by atoms with Gasteiger partial charge >= 0.3 is 5.97 Å². The van der Waals surface area contributed by atoms with Crippen LogP contribution in [-0.2, 0) is 9.63 Å². The fourth-order valence-corrected chi connectivity index (χ4v) is 12.6. The number of unbranched alkanes of at least 4 members (excludes halogenated alkanes) is 18. The number of aliphatic hydroxyl groups excluding tert-OH is 3. The summed E-state index contributed by atoms with van der Waals surface area (Å²) in [6.07, 6.45) is 32.7. The highest BCUT2D eigenvalue weighted by Crippen LogP contribution is 2.68. The van der Waals surface area contributed by atoms with Crippen LogP contribution < -0.4 is 0 Å². The summed E-state index contributed by atoms with van der Waals surface area (Å²) < 4.78 is 0. The van der Waals surface area contributed by atoms with E-state index in [1.165, 1.54) is 116 Å². The van der Waals surface area contributed by atoms with Crippen LogP contribution in [-0.4, -0.2) is 57.8 Å². The SMILES string of the molecule is CCCCCCCCCCCCN(CCCCCCCCCCCC)OC(=[O+])CC[C@@H](C)[C@H]1CC[C@H]2[C@@H]3[C@H](O)C[C@@H]4C[C@H](O)CC[C@]4(C)[C@H]3C[C@H](O)[C@]12C. The molecule has 6 nitrogen and oxygen atoms in total. The van der Waals surface area contributed by atoms with Gasteiger partial charge in [-0.15, -0.1) is 0 Å². The van der Waals surface area contributed by atoms with Crippen molar-refractivity contribution in [3.8, 4) is 0 Å². The number of hydrogen-bond donors (Lipinski definition) is 3. The number of carbonyl (C=O) groups is 1. The van der Waals surface area contributed by atoms with E-state index in [0.717, 1.165) is 77.3 Å². The highest BCUT2D eigenvalue weighted by molar-refractivity contribution is 5.69. The molecule has 4 rings (SSSR count). The van der Waals surface area contributed by atoms with Gasteiger partial charge in [0, 0.05) is 0 Å². The first kappa shape index (κ1) is 46.0. The van der Waals surface area contributed by atoms with Gasteiger partial charge in [-0.3, -0.25) is 0 Å². The molecule has 0 aliphatic heterocycles. The molecule has 4 aliphatic rings. The Labute approximate surface area is 333 Å². The summed E-state index contributed by atoms with van der Waals surface area (Å²) in [5.74, 6) is 1.74. The number of hydrogen-bond acceptors (Lipinski definition) is 6. The average Bonchev–Trinajstić information content (AvgIpc) is 3.51. The van der Waals surface area contributed by atoms with E-state index in [0.29, 0.717) is 36.0 Å². The van der Waals surface area contributed by atoms with Gasteiger partial charge < -0.3 is 15.3 Å². The molecule has 3 N–H and O–H groups in total. The standard InChI is InChI=1S/C48H89NO5/c1-6-8-10-12-14-16-18-20-22-24-32-49(33-25-23-21-19-17-15-13-11-9-7-2)54-45(53)29-26-37(3)40-27-28-41-46-42(36-44(52)48(40,41)5)47(4)31-30-39(50)34-38(47)35-43(46)51/h37-44,46,50-52H,6-36H2,1-5H3/q+1/t37-,38+,39-,40-,41+,42+,43-,44+,46+,47+,48-/m1/s1. The minimum Gasteiger partial charge on any atom is -0.393 e. The fourth-order valence-electron chi connectivity index (χ4n) is 12.6. The van der Waals surface area contributed by atoms with Crippen molar-refractivity contribution < 1.29 is 25.0 Å². The smallest absolute Gasteiger partial charge is 0.393 e. The number of rotatable bonds is 27. The third kappa shape index (κ3) is 12.7. The molecule has 4 fully saturated rings. The second kappa shape index (κ2) is 23.6. The van der Waals surface area contributed by atoms with Crippen LogP contribution in [0.2, 0.25) is 0 Å². The molecular weight excluding hydrogens is 671 g/mol. The Kier molecular flexibility index (Phi) is 20.1. The lowest BCUT2D eigenvalue weighted by atomic mass is 9.43. The molecule has 0 aromatic carbocycles. The van der Waals surface area contributed by atoms with E-state index >= 15 is 0 Å². The monoisotopic (exact) mass is 760 g/mol. The van der Waals surface area contributed by atoms with Crippen LogP contribution in [0.15, 0.2) is 0 Å². The Hall–Kier alpha value is -0.690.